The van der Waals surface area contributed by atoms with Crippen LogP contribution in [0.1, 0.15) is 43.2 Å². The Morgan fingerprint density at radius 3 is 2.39 bits per heavy atom. The van der Waals surface area contributed by atoms with E-state index in [0.717, 1.165) is 17.7 Å². The molecule has 2 aliphatic rings. The molecule has 0 bridgehead atoms. The van der Waals surface area contributed by atoms with Crippen LogP contribution >= 0.6 is 0 Å². The van der Waals surface area contributed by atoms with E-state index in [-0.39, 0.29) is 5.91 Å². The molecule has 0 unspecified atom stereocenters. The van der Waals surface area contributed by atoms with E-state index < -0.39 is 10.0 Å². The number of carbonyl (C=O) groups excluding carboxylic acids is 1. The van der Waals surface area contributed by atoms with Gasteiger partial charge in [0.2, 0.25) is 15.9 Å². The van der Waals surface area contributed by atoms with Crippen molar-refractivity contribution in [1.82, 2.24) is 14.5 Å². The van der Waals surface area contributed by atoms with Gasteiger partial charge in [-0.3, -0.25) is 9.69 Å². The molecular formula is C21H33N3O3S. The van der Waals surface area contributed by atoms with Gasteiger partial charge in [0, 0.05) is 32.7 Å². The molecule has 1 saturated carbocycles. The zero-order valence-corrected chi connectivity index (χ0v) is 17.9. The van der Waals surface area contributed by atoms with Gasteiger partial charge >= 0.3 is 0 Å². The van der Waals surface area contributed by atoms with Crippen molar-refractivity contribution in [2.45, 2.75) is 50.8 Å². The summed E-state index contributed by atoms with van der Waals surface area (Å²) in [6.07, 6.45) is 6.30. The second kappa shape index (κ2) is 9.37. The fraction of sp³-hybridized carbons (Fsp3) is 0.667. The molecule has 6 nitrogen and oxygen atoms in total. The first-order chi connectivity index (χ1) is 13.4. The molecule has 28 heavy (non-hydrogen) atoms. The fourth-order valence-corrected chi connectivity index (χ4v) is 5.89. The van der Waals surface area contributed by atoms with Gasteiger partial charge in [0.15, 0.2) is 0 Å². The fourth-order valence-electron chi connectivity index (χ4n) is 4.26. The molecule has 1 aliphatic heterocycles. The molecule has 1 aromatic rings. The lowest BCUT2D eigenvalue weighted by Gasteiger charge is -2.34. The van der Waals surface area contributed by atoms with E-state index in [1.165, 1.54) is 32.1 Å². The van der Waals surface area contributed by atoms with Crippen LogP contribution in [0, 0.1) is 19.8 Å². The number of benzene rings is 1. The maximum atomic E-state index is 13.0. The van der Waals surface area contributed by atoms with E-state index in [2.05, 4.69) is 5.32 Å². The number of rotatable bonds is 6. The van der Waals surface area contributed by atoms with Crippen LogP contribution in [0.5, 0.6) is 0 Å². The predicted molar refractivity (Wildman–Crippen MR) is 111 cm³/mol. The number of hydrogen-bond donors (Lipinski definition) is 1. The zero-order valence-electron chi connectivity index (χ0n) is 17.1. The van der Waals surface area contributed by atoms with E-state index in [1.54, 1.807) is 10.4 Å². The molecule has 0 radical (unpaired) electrons. The standard InChI is InChI=1S/C21H33N3O3S/c1-17-8-9-20(18(2)14-17)28(26,27)24-12-10-23(11-13-24)16-21(25)22-15-19-6-4-3-5-7-19/h8-9,14,19H,3-7,10-13,15-16H2,1-2H3,(H,22,25). The number of aryl methyl sites for hydroxylation is 2. The number of nitrogens with zero attached hydrogens (tertiary/aromatic N) is 2. The van der Waals surface area contributed by atoms with Crippen molar-refractivity contribution in [3.8, 4) is 0 Å². The molecule has 0 atom stereocenters. The molecule has 1 amide bonds. The largest absolute Gasteiger partial charge is 0.355 e. The number of piperazine rings is 1. The van der Waals surface area contributed by atoms with Crippen LogP contribution in [0.4, 0.5) is 0 Å². The van der Waals surface area contributed by atoms with Gasteiger partial charge in [-0.2, -0.15) is 4.31 Å². The van der Waals surface area contributed by atoms with E-state index in [4.69, 9.17) is 0 Å². The summed E-state index contributed by atoms with van der Waals surface area (Å²) in [6, 6.07) is 5.44. The number of carbonyl (C=O) groups is 1. The Kier molecular flexibility index (Phi) is 7.12. The first-order valence-electron chi connectivity index (χ1n) is 10.4. The molecule has 7 heteroatoms. The lowest BCUT2D eigenvalue weighted by atomic mass is 9.89. The van der Waals surface area contributed by atoms with Crippen molar-refractivity contribution in [2.24, 2.45) is 5.92 Å². The number of amides is 1. The Balaban J connectivity index is 1.47. The van der Waals surface area contributed by atoms with Crippen LogP contribution in [-0.2, 0) is 14.8 Å². The SMILES string of the molecule is Cc1ccc(S(=O)(=O)N2CCN(CC(=O)NCC3CCCCC3)CC2)c(C)c1. The average molecular weight is 408 g/mol. The molecule has 1 N–H and O–H groups in total. The van der Waals surface area contributed by atoms with E-state index in [0.29, 0.717) is 43.5 Å². The van der Waals surface area contributed by atoms with Gasteiger partial charge in [0.1, 0.15) is 0 Å². The Morgan fingerprint density at radius 2 is 1.75 bits per heavy atom. The molecule has 156 valence electrons. The predicted octanol–water partition coefficient (Wildman–Crippen LogP) is 2.31. The highest BCUT2D eigenvalue weighted by Crippen LogP contribution is 2.23. The van der Waals surface area contributed by atoms with Crippen molar-refractivity contribution < 1.29 is 13.2 Å². The summed E-state index contributed by atoms with van der Waals surface area (Å²) in [5.74, 6) is 0.675. The summed E-state index contributed by atoms with van der Waals surface area (Å²) >= 11 is 0. The van der Waals surface area contributed by atoms with Crippen molar-refractivity contribution in [1.29, 1.82) is 0 Å². The summed E-state index contributed by atoms with van der Waals surface area (Å²) in [5.41, 5.74) is 1.84. The van der Waals surface area contributed by atoms with Crippen molar-refractivity contribution in [2.75, 3.05) is 39.3 Å². The highest BCUT2D eigenvalue weighted by molar-refractivity contribution is 7.89. The van der Waals surface area contributed by atoms with Gasteiger partial charge in [0.25, 0.3) is 0 Å². The summed E-state index contributed by atoms with van der Waals surface area (Å²) in [6.45, 7) is 6.94. The Bertz CT molecular complexity index is 780. The van der Waals surface area contributed by atoms with Gasteiger partial charge in [-0.25, -0.2) is 8.42 Å². The van der Waals surface area contributed by atoms with Gasteiger partial charge in [0.05, 0.1) is 11.4 Å². The second-order valence-electron chi connectivity index (χ2n) is 8.26. The molecule has 1 aromatic carbocycles. The lowest BCUT2D eigenvalue weighted by molar-refractivity contribution is -0.122. The quantitative estimate of drug-likeness (QED) is 0.786. The first-order valence-corrected chi connectivity index (χ1v) is 11.9. The molecule has 2 fully saturated rings. The van der Waals surface area contributed by atoms with Gasteiger partial charge in [-0.1, -0.05) is 37.0 Å². The maximum Gasteiger partial charge on any atom is 0.243 e. The zero-order chi connectivity index (χ0) is 20.1. The molecule has 1 saturated heterocycles. The minimum absolute atomic E-state index is 0.0521. The smallest absolute Gasteiger partial charge is 0.243 e. The summed E-state index contributed by atoms with van der Waals surface area (Å²) < 4.78 is 27.5. The second-order valence-corrected chi connectivity index (χ2v) is 10.2. The van der Waals surface area contributed by atoms with Gasteiger partial charge in [-0.05, 0) is 44.2 Å². The van der Waals surface area contributed by atoms with E-state index >= 15 is 0 Å². The molecule has 1 aliphatic carbocycles. The molecular weight excluding hydrogens is 374 g/mol. The summed E-state index contributed by atoms with van der Waals surface area (Å²) in [5, 5.41) is 3.07. The van der Waals surface area contributed by atoms with Crippen LogP contribution in [-0.4, -0.2) is 62.8 Å². The third-order valence-corrected chi connectivity index (χ3v) is 8.02. The van der Waals surface area contributed by atoms with Crippen LogP contribution < -0.4 is 5.32 Å². The number of nitrogens with one attached hydrogen (secondary N) is 1. The van der Waals surface area contributed by atoms with Gasteiger partial charge in [-0.15, -0.1) is 0 Å². The summed E-state index contributed by atoms with van der Waals surface area (Å²) in [7, 11) is -3.48. The normalized spacial score (nSPS) is 20.2. The number of hydrogen-bond acceptors (Lipinski definition) is 4. The molecule has 0 aromatic heterocycles. The van der Waals surface area contributed by atoms with Crippen LogP contribution in [0.15, 0.2) is 23.1 Å². The van der Waals surface area contributed by atoms with Gasteiger partial charge < -0.3 is 5.32 Å². The minimum atomic E-state index is -3.48. The van der Waals surface area contributed by atoms with Crippen LogP contribution in [0.25, 0.3) is 0 Å². The lowest BCUT2D eigenvalue weighted by Crippen LogP contribution is -2.51. The monoisotopic (exact) mass is 407 g/mol. The van der Waals surface area contributed by atoms with Crippen molar-refractivity contribution >= 4 is 15.9 Å². The number of sulfonamides is 1. The Morgan fingerprint density at radius 1 is 1.07 bits per heavy atom. The van der Waals surface area contributed by atoms with Crippen LogP contribution in [0.2, 0.25) is 0 Å². The van der Waals surface area contributed by atoms with Crippen molar-refractivity contribution in [3.63, 3.8) is 0 Å². The third kappa shape index (κ3) is 5.33. The highest BCUT2D eigenvalue weighted by Gasteiger charge is 2.30. The van der Waals surface area contributed by atoms with E-state index in [1.807, 2.05) is 30.9 Å². The molecule has 0 spiro atoms. The summed E-state index contributed by atoms with van der Waals surface area (Å²) in [4.78, 5) is 14.7. The average Bonchev–Trinajstić information content (AvgIpc) is 2.67. The maximum absolute atomic E-state index is 13.0. The molecule has 1 heterocycles. The third-order valence-electron chi connectivity index (χ3n) is 5.96. The van der Waals surface area contributed by atoms with Crippen molar-refractivity contribution in [3.05, 3.63) is 29.3 Å². The Hall–Kier alpha value is -1.44. The Labute approximate surface area is 169 Å². The van der Waals surface area contributed by atoms with Crippen LogP contribution in [0.3, 0.4) is 0 Å². The molecule has 3 rings (SSSR count). The minimum Gasteiger partial charge on any atom is -0.355 e. The first kappa shape index (κ1) is 21.3. The topological polar surface area (TPSA) is 69.7 Å². The highest BCUT2D eigenvalue weighted by atomic mass is 32.2. The van der Waals surface area contributed by atoms with E-state index in [9.17, 15) is 13.2 Å².